The zero-order valence-corrected chi connectivity index (χ0v) is 16.0. The molecule has 0 aromatic heterocycles. The Balaban J connectivity index is 2.80. The highest BCUT2D eigenvalue weighted by atomic mass is 16.4. The van der Waals surface area contributed by atoms with Gasteiger partial charge in [0.1, 0.15) is 12.1 Å². The Bertz CT molecular complexity index is 599. The summed E-state index contributed by atoms with van der Waals surface area (Å²) in [7, 11) is 0. The first-order valence-corrected chi connectivity index (χ1v) is 9.05. The molecule has 0 bridgehead atoms. The molecule has 1 rings (SSSR count). The summed E-state index contributed by atoms with van der Waals surface area (Å²) in [5.41, 5.74) is 0.824. The number of aliphatic carboxylic acids is 1. The molecule has 0 aliphatic rings. The summed E-state index contributed by atoms with van der Waals surface area (Å²) in [5, 5.41) is 14.8. The van der Waals surface area contributed by atoms with Crippen LogP contribution in [-0.2, 0) is 20.8 Å². The molecule has 0 saturated heterocycles. The number of rotatable bonds is 10. The van der Waals surface area contributed by atoms with Crippen LogP contribution in [0.15, 0.2) is 30.3 Å². The van der Waals surface area contributed by atoms with Crippen molar-refractivity contribution in [3.8, 4) is 0 Å². The highest BCUT2D eigenvalue weighted by Gasteiger charge is 2.27. The van der Waals surface area contributed by atoms with E-state index >= 15 is 0 Å². The van der Waals surface area contributed by atoms with Crippen LogP contribution >= 0.6 is 0 Å². The largest absolute Gasteiger partial charge is 0.480 e. The molecule has 0 aliphatic heterocycles. The summed E-state index contributed by atoms with van der Waals surface area (Å²) >= 11 is 0. The van der Waals surface area contributed by atoms with E-state index in [1.807, 2.05) is 58.0 Å². The quantitative estimate of drug-likeness (QED) is 0.595. The summed E-state index contributed by atoms with van der Waals surface area (Å²) in [4.78, 5) is 36.2. The van der Waals surface area contributed by atoms with E-state index < -0.39 is 24.0 Å². The van der Waals surface area contributed by atoms with Gasteiger partial charge in [0.25, 0.3) is 0 Å². The molecule has 0 saturated carbocycles. The van der Waals surface area contributed by atoms with E-state index in [2.05, 4.69) is 10.6 Å². The fraction of sp³-hybridized carbons (Fsp3) is 0.550. The molecule has 2 unspecified atom stereocenters. The number of hydrogen-bond donors (Lipinski definition) is 3. The van der Waals surface area contributed by atoms with Gasteiger partial charge < -0.3 is 15.7 Å². The lowest BCUT2D eigenvalue weighted by molar-refractivity contribution is -0.142. The number of carboxylic acid groups (broad SMARTS) is 1. The molecule has 3 N–H and O–H groups in total. The van der Waals surface area contributed by atoms with Crippen molar-refractivity contribution < 1.29 is 19.5 Å². The number of benzene rings is 1. The predicted octanol–water partition coefficient (Wildman–Crippen LogP) is 2.38. The minimum atomic E-state index is -1.10. The number of hydrogen-bond acceptors (Lipinski definition) is 3. The summed E-state index contributed by atoms with van der Waals surface area (Å²) < 4.78 is 0. The monoisotopic (exact) mass is 362 g/mol. The second kappa shape index (κ2) is 10.6. The Morgan fingerprint density at radius 1 is 0.923 bits per heavy atom. The minimum absolute atomic E-state index is 0.183. The van der Waals surface area contributed by atoms with Gasteiger partial charge >= 0.3 is 5.97 Å². The maximum Gasteiger partial charge on any atom is 0.326 e. The van der Waals surface area contributed by atoms with Crippen molar-refractivity contribution in [1.29, 1.82) is 0 Å². The van der Waals surface area contributed by atoms with Crippen molar-refractivity contribution in [3.63, 3.8) is 0 Å². The molecule has 2 atom stereocenters. The topological polar surface area (TPSA) is 95.5 Å². The lowest BCUT2D eigenvalue weighted by atomic mass is 10.0. The van der Waals surface area contributed by atoms with Crippen LogP contribution in [0.1, 0.15) is 46.1 Å². The van der Waals surface area contributed by atoms with Crippen LogP contribution in [0.2, 0.25) is 0 Å². The number of carbonyl (C=O) groups is 3. The van der Waals surface area contributed by atoms with Gasteiger partial charge in [0.05, 0.1) is 0 Å². The van der Waals surface area contributed by atoms with Crippen LogP contribution in [-0.4, -0.2) is 35.0 Å². The van der Waals surface area contributed by atoms with E-state index in [0.717, 1.165) is 5.56 Å². The molecular formula is C20H30N2O4. The Hall–Kier alpha value is -2.37. The molecule has 0 heterocycles. The lowest BCUT2D eigenvalue weighted by Crippen LogP contribution is -2.52. The molecule has 0 fully saturated rings. The molecule has 0 radical (unpaired) electrons. The van der Waals surface area contributed by atoms with Crippen LogP contribution in [0.3, 0.4) is 0 Å². The fourth-order valence-corrected chi connectivity index (χ4v) is 2.65. The van der Waals surface area contributed by atoms with E-state index in [1.165, 1.54) is 0 Å². The van der Waals surface area contributed by atoms with Crippen LogP contribution in [0, 0.1) is 11.8 Å². The average Bonchev–Trinajstić information content (AvgIpc) is 2.53. The first-order valence-electron chi connectivity index (χ1n) is 9.05. The second-order valence-corrected chi connectivity index (χ2v) is 7.44. The average molecular weight is 362 g/mol. The lowest BCUT2D eigenvalue weighted by Gasteiger charge is -2.23. The van der Waals surface area contributed by atoms with Gasteiger partial charge in [-0.25, -0.2) is 4.79 Å². The first-order chi connectivity index (χ1) is 12.2. The van der Waals surface area contributed by atoms with Gasteiger partial charge in [0.2, 0.25) is 11.8 Å². The molecule has 26 heavy (non-hydrogen) atoms. The molecule has 0 spiro atoms. The van der Waals surface area contributed by atoms with Crippen molar-refractivity contribution in [2.45, 2.75) is 59.0 Å². The molecule has 1 aromatic carbocycles. The van der Waals surface area contributed by atoms with E-state index in [4.69, 9.17) is 0 Å². The zero-order chi connectivity index (χ0) is 19.7. The van der Waals surface area contributed by atoms with Gasteiger partial charge in [-0.05, 0) is 23.8 Å². The predicted molar refractivity (Wildman–Crippen MR) is 101 cm³/mol. The summed E-state index contributed by atoms with van der Waals surface area (Å²) in [6.45, 7) is 7.76. The normalized spacial score (nSPS) is 13.3. The van der Waals surface area contributed by atoms with Crippen molar-refractivity contribution in [2.75, 3.05) is 0 Å². The SMILES string of the molecule is CC(C)CC(=O)NC(CC(C)C)C(=O)NC(Cc1ccccc1)C(=O)O. The molecule has 2 amide bonds. The highest BCUT2D eigenvalue weighted by Crippen LogP contribution is 2.09. The third-order valence-electron chi connectivity index (χ3n) is 3.85. The maximum atomic E-state index is 12.6. The van der Waals surface area contributed by atoms with Crippen molar-refractivity contribution >= 4 is 17.8 Å². The van der Waals surface area contributed by atoms with E-state index in [0.29, 0.717) is 12.8 Å². The van der Waals surface area contributed by atoms with Crippen LogP contribution in [0.25, 0.3) is 0 Å². The molecular weight excluding hydrogens is 332 g/mol. The van der Waals surface area contributed by atoms with Gasteiger partial charge in [-0.15, -0.1) is 0 Å². The van der Waals surface area contributed by atoms with Crippen LogP contribution < -0.4 is 10.6 Å². The standard InChI is InChI=1S/C20H30N2O4/c1-13(2)10-16(21-18(23)11-14(3)4)19(24)22-17(20(25)26)12-15-8-6-5-7-9-15/h5-9,13-14,16-17H,10-12H2,1-4H3,(H,21,23)(H,22,24)(H,25,26). The van der Waals surface area contributed by atoms with E-state index in [1.54, 1.807) is 0 Å². The van der Waals surface area contributed by atoms with E-state index in [9.17, 15) is 19.5 Å². The Labute approximate surface area is 155 Å². The number of carboxylic acids is 1. The van der Waals surface area contributed by atoms with Crippen molar-refractivity contribution in [1.82, 2.24) is 10.6 Å². The first kappa shape index (κ1) is 21.7. The Kier molecular flexibility index (Phi) is 8.82. The molecule has 6 nitrogen and oxygen atoms in total. The second-order valence-electron chi connectivity index (χ2n) is 7.44. The summed E-state index contributed by atoms with van der Waals surface area (Å²) in [6.07, 6.45) is 0.970. The number of carbonyl (C=O) groups excluding carboxylic acids is 2. The smallest absolute Gasteiger partial charge is 0.326 e. The summed E-state index contributed by atoms with van der Waals surface area (Å²) in [5.74, 6) is -1.39. The van der Waals surface area contributed by atoms with Crippen LogP contribution in [0.5, 0.6) is 0 Å². The Morgan fingerprint density at radius 2 is 1.54 bits per heavy atom. The van der Waals surface area contributed by atoms with Crippen molar-refractivity contribution in [2.24, 2.45) is 11.8 Å². The van der Waals surface area contributed by atoms with Crippen LogP contribution in [0.4, 0.5) is 0 Å². The molecule has 6 heteroatoms. The maximum absolute atomic E-state index is 12.6. The van der Waals surface area contributed by atoms with Gasteiger partial charge in [0.15, 0.2) is 0 Å². The summed E-state index contributed by atoms with van der Waals surface area (Å²) in [6, 6.07) is 7.35. The van der Waals surface area contributed by atoms with Gasteiger partial charge in [0, 0.05) is 12.8 Å². The number of amides is 2. The van der Waals surface area contributed by atoms with Gasteiger partial charge in [-0.1, -0.05) is 58.0 Å². The van der Waals surface area contributed by atoms with Gasteiger partial charge in [-0.2, -0.15) is 0 Å². The fourth-order valence-electron chi connectivity index (χ4n) is 2.65. The number of nitrogens with one attached hydrogen (secondary N) is 2. The van der Waals surface area contributed by atoms with Crippen molar-refractivity contribution in [3.05, 3.63) is 35.9 Å². The third-order valence-corrected chi connectivity index (χ3v) is 3.85. The minimum Gasteiger partial charge on any atom is -0.480 e. The highest BCUT2D eigenvalue weighted by molar-refractivity contribution is 5.90. The molecule has 144 valence electrons. The van der Waals surface area contributed by atoms with Gasteiger partial charge in [-0.3, -0.25) is 9.59 Å². The molecule has 1 aromatic rings. The Morgan fingerprint density at radius 3 is 2.04 bits per heavy atom. The molecule has 0 aliphatic carbocycles. The third kappa shape index (κ3) is 8.14. The van der Waals surface area contributed by atoms with E-state index in [-0.39, 0.29) is 24.2 Å². The zero-order valence-electron chi connectivity index (χ0n) is 16.0.